The number of nitrogens with one attached hydrogen (secondary N) is 1. The number of aliphatic hydroxyl groups is 1. The third-order valence-electron chi connectivity index (χ3n) is 5.91. The molecule has 0 bridgehead atoms. The van der Waals surface area contributed by atoms with Gasteiger partial charge in [0.05, 0.1) is 59.7 Å². The summed E-state index contributed by atoms with van der Waals surface area (Å²) >= 11 is 0. The number of aromatic amines is 1. The molecule has 9 nitrogen and oxygen atoms in total. The summed E-state index contributed by atoms with van der Waals surface area (Å²) in [5, 5.41) is 40.5. The number of hydrogen-bond acceptors (Lipinski definition) is 7. The molecule has 9 heteroatoms. The molecule has 2 N–H and O–H groups in total. The van der Waals surface area contributed by atoms with Gasteiger partial charge in [0.25, 0.3) is 0 Å². The Morgan fingerprint density at radius 1 is 1.26 bits per heavy atom. The highest BCUT2D eigenvalue weighted by molar-refractivity contribution is 5.93. The molecule has 4 aromatic rings. The predicted octanol–water partition coefficient (Wildman–Crippen LogP) is 2.92. The smallest absolute Gasteiger partial charge is 0.111 e. The van der Waals surface area contributed by atoms with Crippen molar-refractivity contribution >= 4 is 10.9 Å². The van der Waals surface area contributed by atoms with E-state index in [0.717, 1.165) is 10.9 Å². The summed E-state index contributed by atoms with van der Waals surface area (Å²) in [6.45, 7) is -0.183. The molecular formula is C22H18N8O. The topological polar surface area (TPSA) is 140 Å². The van der Waals surface area contributed by atoms with Gasteiger partial charge in [0.2, 0.25) is 0 Å². The fourth-order valence-corrected chi connectivity index (χ4v) is 4.29. The van der Waals surface area contributed by atoms with Gasteiger partial charge >= 0.3 is 0 Å². The van der Waals surface area contributed by atoms with Crippen LogP contribution in [0.25, 0.3) is 33.5 Å². The molecule has 4 heterocycles. The molecule has 0 aromatic carbocycles. The minimum absolute atomic E-state index is 0.0505. The molecule has 152 valence electrons. The number of aromatic nitrogens is 6. The second kappa shape index (κ2) is 7.31. The van der Waals surface area contributed by atoms with Crippen LogP contribution < -0.4 is 0 Å². The van der Waals surface area contributed by atoms with E-state index < -0.39 is 5.54 Å². The lowest BCUT2D eigenvalue weighted by Crippen LogP contribution is -2.46. The summed E-state index contributed by atoms with van der Waals surface area (Å²) in [6, 6.07) is 12.0. The molecule has 31 heavy (non-hydrogen) atoms. The first-order valence-electron chi connectivity index (χ1n) is 9.90. The second-order valence-corrected chi connectivity index (χ2v) is 7.79. The van der Waals surface area contributed by atoms with E-state index in [0.29, 0.717) is 47.6 Å². The zero-order valence-electron chi connectivity index (χ0n) is 16.5. The standard InChI is InChI=1S/C22H18N8O/c23-5-4-22(9-14(10-22)11-24)30-7-3-17(29-30)21-15-2-1-6-25-18(15)8-19(27-21)16-12-26-28-20(16)13-31/h1-3,6-8,12,14,31H,4,9-10,13H2,(H,26,28)/t14-,22+. The number of nitriles is 2. The van der Waals surface area contributed by atoms with E-state index in [1.54, 1.807) is 12.4 Å². The van der Waals surface area contributed by atoms with Crippen LogP contribution in [0, 0.1) is 28.6 Å². The lowest BCUT2D eigenvalue weighted by Gasteiger charge is -2.43. The Morgan fingerprint density at radius 3 is 2.90 bits per heavy atom. The zero-order valence-corrected chi connectivity index (χ0v) is 16.5. The third-order valence-corrected chi connectivity index (χ3v) is 5.91. The van der Waals surface area contributed by atoms with Gasteiger partial charge in [0, 0.05) is 23.3 Å². The quantitative estimate of drug-likeness (QED) is 0.515. The number of fused-ring (bicyclic) bond motifs is 1. The number of rotatable bonds is 5. The first-order valence-corrected chi connectivity index (χ1v) is 9.90. The molecule has 0 radical (unpaired) electrons. The third kappa shape index (κ3) is 3.03. The highest BCUT2D eigenvalue weighted by Crippen LogP contribution is 2.46. The van der Waals surface area contributed by atoms with Crippen LogP contribution in [0.4, 0.5) is 0 Å². The Balaban J connectivity index is 1.63. The fraction of sp³-hybridized carbons (Fsp3) is 0.273. The molecule has 1 aliphatic rings. The molecule has 5 rings (SSSR count). The molecule has 1 fully saturated rings. The molecular weight excluding hydrogens is 392 g/mol. The van der Waals surface area contributed by atoms with Gasteiger partial charge in [-0.1, -0.05) is 0 Å². The lowest BCUT2D eigenvalue weighted by atomic mass is 9.67. The van der Waals surface area contributed by atoms with Crippen molar-refractivity contribution in [3.8, 4) is 34.8 Å². The normalized spacial score (nSPS) is 20.2. The van der Waals surface area contributed by atoms with E-state index in [4.69, 9.17) is 10.1 Å². The van der Waals surface area contributed by atoms with Gasteiger partial charge in [0.15, 0.2) is 0 Å². The van der Waals surface area contributed by atoms with Crippen molar-refractivity contribution in [3.63, 3.8) is 0 Å². The Kier molecular flexibility index (Phi) is 4.46. The maximum atomic E-state index is 9.61. The summed E-state index contributed by atoms with van der Waals surface area (Å²) in [5.74, 6) is -0.0505. The van der Waals surface area contributed by atoms with E-state index in [2.05, 4.69) is 27.3 Å². The molecule has 0 saturated heterocycles. The summed E-state index contributed by atoms with van der Waals surface area (Å²) in [4.78, 5) is 9.31. The van der Waals surface area contributed by atoms with E-state index in [9.17, 15) is 15.6 Å². The highest BCUT2D eigenvalue weighted by atomic mass is 16.3. The Labute approximate surface area is 177 Å². The van der Waals surface area contributed by atoms with Gasteiger partial charge in [0.1, 0.15) is 11.4 Å². The molecule has 0 amide bonds. The average Bonchev–Trinajstić information content (AvgIpc) is 3.45. The van der Waals surface area contributed by atoms with Crippen LogP contribution in [0.5, 0.6) is 0 Å². The number of nitrogens with zero attached hydrogens (tertiary/aromatic N) is 7. The summed E-state index contributed by atoms with van der Waals surface area (Å²) < 4.78 is 1.81. The summed E-state index contributed by atoms with van der Waals surface area (Å²) in [6.07, 6.45) is 6.73. The van der Waals surface area contributed by atoms with Crippen LogP contribution in [-0.4, -0.2) is 35.1 Å². The van der Waals surface area contributed by atoms with Crippen LogP contribution in [0.15, 0.2) is 42.9 Å². The van der Waals surface area contributed by atoms with Crippen molar-refractivity contribution < 1.29 is 5.11 Å². The van der Waals surface area contributed by atoms with Gasteiger partial charge in [-0.25, -0.2) is 4.98 Å². The largest absolute Gasteiger partial charge is 0.390 e. The second-order valence-electron chi connectivity index (χ2n) is 7.79. The molecule has 0 unspecified atom stereocenters. The summed E-state index contributed by atoms with van der Waals surface area (Å²) in [5.41, 5.74) is 3.53. The van der Waals surface area contributed by atoms with Crippen molar-refractivity contribution in [1.29, 1.82) is 10.5 Å². The lowest BCUT2D eigenvalue weighted by molar-refractivity contribution is 0.0884. The minimum Gasteiger partial charge on any atom is -0.390 e. The van der Waals surface area contributed by atoms with Gasteiger partial charge in [-0.15, -0.1) is 0 Å². The van der Waals surface area contributed by atoms with Crippen molar-refractivity contribution in [1.82, 2.24) is 29.9 Å². The molecule has 0 aliphatic heterocycles. The van der Waals surface area contributed by atoms with Crippen molar-refractivity contribution in [2.75, 3.05) is 0 Å². The predicted molar refractivity (Wildman–Crippen MR) is 111 cm³/mol. The Morgan fingerprint density at radius 2 is 2.13 bits per heavy atom. The first-order chi connectivity index (χ1) is 15.2. The maximum absolute atomic E-state index is 9.61. The van der Waals surface area contributed by atoms with Gasteiger partial charge in [-0.2, -0.15) is 20.7 Å². The van der Waals surface area contributed by atoms with Crippen molar-refractivity contribution in [2.45, 2.75) is 31.4 Å². The van der Waals surface area contributed by atoms with Gasteiger partial charge in [-0.3, -0.25) is 14.8 Å². The van der Waals surface area contributed by atoms with Crippen molar-refractivity contribution in [2.24, 2.45) is 5.92 Å². The number of aliphatic hydroxyl groups excluding tert-OH is 1. The van der Waals surface area contributed by atoms with Gasteiger partial charge < -0.3 is 5.11 Å². The minimum atomic E-state index is -0.451. The number of H-pyrrole nitrogens is 1. The van der Waals surface area contributed by atoms with Gasteiger partial charge in [-0.05, 0) is 37.1 Å². The van der Waals surface area contributed by atoms with E-state index in [1.807, 2.05) is 35.1 Å². The molecule has 0 spiro atoms. The molecule has 1 saturated carbocycles. The van der Waals surface area contributed by atoms with Crippen molar-refractivity contribution in [3.05, 3.63) is 48.5 Å². The van der Waals surface area contributed by atoms with Crippen LogP contribution >= 0.6 is 0 Å². The van der Waals surface area contributed by atoms with Crippen LogP contribution in [0.3, 0.4) is 0 Å². The maximum Gasteiger partial charge on any atom is 0.111 e. The van der Waals surface area contributed by atoms with E-state index >= 15 is 0 Å². The highest BCUT2D eigenvalue weighted by Gasteiger charge is 2.46. The monoisotopic (exact) mass is 410 g/mol. The first kappa shape index (κ1) is 18.9. The molecule has 4 aromatic heterocycles. The molecule has 0 atom stereocenters. The number of hydrogen-bond donors (Lipinski definition) is 2. The Bertz CT molecular complexity index is 1350. The average molecular weight is 410 g/mol. The van der Waals surface area contributed by atoms with Crippen LogP contribution in [-0.2, 0) is 12.1 Å². The molecule has 1 aliphatic carbocycles. The van der Waals surface area contributed by atoms with E-state index in [1.165, 1.54) is 0 Å². The fourth-order valence-electron chi connectivity index (χ4n) is 4.29. The SMILES string of the molecule is N#CC[C@]1(n2ccc(-c3nc(-c4cn[nH]c4CO)cc4ncccc34)n2)C[C@@H](C#N)C1. The van der Waals surface area contributed by atoms with Crippen LogP contribution in [0.1, 0.15) is 25.0 Å². The Hall–Kier alpha value is -4.08. The summed E-state index contributed by atoms with van der Waals surface area (Å²) in [7, 11) is 0. The zero-order chi connectivity index (χ0) is 21.4. The number of pyridine rings is 2. The van der Waals surface area contributed by atoms with Crippen LogP contribution in [0.2, 0.25) is 0 Å². The van der Waals surface area contributed by atoms with E-state index in [-0.39, 0.29) is 12.5 Å².